The third-order valence-electron chi connectivity index (χ3n) is 4.96. The molecular weight excluding hydrogens is 336 g/mol. The van der Waals surface area contributed by atoms with E-state index in [9.17, 15) is 0 Å². The third kappa shape index (κ3) is 3.10. The number of unbranched alkanes of at least 4 members (excludes halogenated alkanes) is 1. The van der Waals surface area contributed by atoms with Crippen LogP contribution in [0.4, 0.5) is 5.82 Å². The average Bonchev–Trinajstić information content (AvgIpc) is 3.06. The molecule has 2 N–H and O–H groups in total. The number of hydrogen-bond donors (Lipinski definition) is 1. The largest absolute Gasteiger partial charge is 0.496 e. The Hall–Kier alpha value is -3.08. The molecule has 4 rings (SSSR count). The smallest absolute Gasteiger partial charge is 0.152 e. The van der Waals surface area contributed by atoms with Crippen LogP contribution in [0.1, 0.15) is 31.2 Å². The van der Waals surface area contributed by atoms with E-state index in [0.29, 0.717) is 12.4 Å². The van der Waals surface area contributed by atoms with E-state index in [-0.39, 0.29) is 0 Å². The molecule has 5 heteroatoms. The number of anilines is 1. The first-order chi connectivity index (χ1) is 13.2. The maximum atomic E-state index is 6.27. The van der Waals surface area contributed by atoms with Crippen LogP contribution in [0.2, 0.25) is 0 Å². The summed E-state index contributed by atoms with van der Waals surface area (Å²) in [7, 11) is 1.71. The molecule has 0 spiro atoms. The fraction of sp³-hybridized carbons (Fsp3) is 0.273. The maximum Gasteiger partial charge on any atom is 0.152 e. The van der Waals surface area contributed by atoms with Gasteiger partial charge in [-0.3, -0.25) is 0 Å². The van der Waals surface area contributed by atoms with Crippen LogP contribution in [0, 0.1) is 0 Å². The van der Waals surface area contributed by atoms with Crippen LogP contribution in [0.25, 0.3) is 21.9 Å². The minimum absolute atomic E-state index is 0.486. The number of nitrogens with two attached hydrogens (primary N) is 1. The van der Waals surface area contributed by atoms with Crippen molar-refractivity contribution in [1.82, 2.24) is 14.5 Å². The fourth-order valence-electron chi connectivity index (χ4n) is 3.60. The number of pyridine rings is 1. The van der Waals surface area contributed by atoms with Crippen molar-refractivity contribution in [2.24, 2.45) is 0 Å². The van der Waals surface area contributed by atoms with Crippen LogP contribution in [0.3, 0.4) is 0 Å². The van der Waals surface area contributed by atoms with Gasteiger partial charge in [-0.2, -0.15) is 0 Å². The van der Waals surface area contributed by atoms with Crippen LogP contribution in [0.15, 0.2) is 48.5 Å². The van der Waals surface area contributed by atoms with E-state index in [2.05, 4.69) is 28.6 Å². The number of methoxy groups -OCH3 is 1. The zero-order valence-corrected chi connectivity index (χ0v) is 15.8. The van der Waals surface area contributed by atoms with Crippen molar-refractivity contribution in [2.75, 3.05) is 12.8 Å². The fourth-order valence-corrected chi connectivity index (χ4v) is 3.60. The molecule has 0 bridgehead atoms. The van der Waals surface area contributed by atoms with Crippen molar-refractivity contribution in [2.45, 2.75) is 32.7 Å². The van der Waals surface area contributed by atoms with Gasteiger partial charge in [0.2, 0.25) is 0 Å². The Kier molecular flexibility index (Phi) is 4.67. The van der Waals surface area contributed by atoms with Gasteiger partial charge in [0.05, 0.1) is 24.7 Å². The normalized spacial score (nSPS) is 11.3. The van der Waals surface area contributed by atoms with Crippen molar-refractivity contribution < 1.29 is 4.74 Å². The lowest BCUT2D eigenvalue weighted by atomic mass is 10.1. The molecule has 0 amide bonds. The van der Waals surface area contributed by atoms with Gasteiger partial charge in [-0.25, -0.2) is 9.97 Å². The molecule has 0 aliphatic rings. The number of nitrogens with zero attached hydrogens (tertiary/aromatic N) is 3. The van der Waals surface area contributed by atoms with E-state index >= 15 is 0 Å². The number of hydrogen-bond acceptors (Lipinski definition) is 4. The summed E-state index contributed by atoms with van der Waals surface area (Å²) in [6, 6.07) is 16.2. The Morgan fingerprint density at radius 2 is 1.81 bits per heavy atom. The molecule has 0 aliphatic carbocycles. The highest BCUT2D eigenvalue weighted by Gasteiger charge is 2.18. The highest BCUT2D eigenvalue weighted by molar-refractivity contribution is 6.06. The van der Waals surface area contributed by atoms with E-state index in [4.69, 9.17) is 15.5 Å². The zero-order chi connectivity index (χ0) is 18.8. The number of aryl methyl sites for hydroxylation is 1. The molecule has 2 aromatic heterocycles. The summed E-state index contributed by atoms with van der Waals surface area (Å²) in [5.41, 5.74) is 10.1. The molecule has 0 fully saturated rings. The number of rotatable bonds is 6. The van der Waals surface area contributed by atoms with E-state index < -0.39 is 0 Å². The molecule has 0 aliphatic heterocycles. The second kappa shape index (κ2) is 7.27. The van der Waals surface area contributed by atoms with E-state index in [0.717, 1.165) is 58.3 Å². The van der Waals surface area contributed by atoms with Gasteiger partial charge in [-0.1, -0.05) is 49.7 Å². The monoisotopic (exact) mass is 360 g/mol. The summed E-state index contributed by atoms with van der Waals surface area (Å²) in [5, 5.41) is 1.08. The van der Waals surface area contributed by atoms with Crippen molar-refractivity contribution in [3.63, 3.8) is 0 Å². The van der Waals surface area contributed by atoms with E-state index in [1.54, 1.807) is 7.11 Å². The molecule has 2 aromatic carbocycles. The first kappa shape index (κ1) is 17.3. The second-order valence-corrected chi connectivity index (χ2v) is 6.74. The molecule has 0 unspecified atom stereocenters. The summed E-state index contributed by atoms with van der Waals surface area (Å²) in [5.74, 6) is 2.41. The Balaban J connectivity index is 1.97. The van der Waals surface area contributed by atoms with Crippen molar-refractivity contribution >= 4 is 27.8 Å². The summed E-state index contributed by atoms with van der Waals surface area (Å²) >= 11 is 0. The van der Waals surface area contributed by atoms with Crippen molar-refractivity contribution in [3.8, 4) is 5.75 Å². The molecule has 0 saturated heterocycles. The number of fused-ring (bicyclic) bond motifs is 3. The second-order valence-electron chi connectivity index (χ2n) is 6.74. The minimum atomic E-state index is 0.486. The standard InChI is InChI=1S/C22H24N4O/c1-3-4-13-19-25-20-21(16-10-6-7-11-17(16)24-22(20)23)26(19)14-15-9-5-8-12-18(15)27-2/h5-12H,3-4,13-14H2,1-2H3,(H2,23,24). The maximum absolute atomic E-state index is 6.27. The SMILES string of the molecule is CCCCc1nc2c(N)nc3ccccc3c2n1Cc1ccccc1OC. The summed E-state index contributed by atoms with van der Waals surface area (Å²) in [6.45, 7) is 2.88. The summed E-state index contributed by atoms with van der Waals surface area (Å²) < 4.78 is 7.85. The molecule has 2 heterocycles. The number of ether oxygens (including phenoxy) is 1. The van der Waals surface area contributed by atoms with Crippen molar-refractivity contribution in [3.05, 3.63) is 59.9 Å². The highest BCUT2D eigenvalue weighted by atomic mass is 16.5. The summed E-state index contributed by atoms with van der Waals surface area (Å²) in [4.78, 5) is 9.44. The molecule has 138 valence electrons. The average molecular weight is 360 g/mol. The first-order valence-electron chi connectivity index (χ1n) is 9.38. The van der Waals surface area contributed by atoms with Gasteiger partial charge in [0, 0.05) is 17.4 Å². The van der Waals surface area contributed by atoms with Gasteiger partial charge in [-0.15, -0.1) is 0 Å². The van der Waals surface area contributed by atoms with Crippen LogP contribution in [0.5, 0.6) is 5.75 Å². The first-order valence-corrected chi connectivity index (χ1v) is 9.38. The highest BCUT2D eigenvalue weighted by Crippen LogP contribution is 2.31. The molecule has 4 aromatic rings. The Labute approximate surface area is 158 Å². The Bertz CT molecular complexity index is 1100. The molecule has 5 nitrogen and oxygen atoms in total. The van der Waals surface area contributed by atoms with Crippen LogP contribution < -0.4 is 10.5 Å². The zero-order valence-electron chi connectivity index (χ0n) is 15.8. The minimum Gasteiger partial charge on any atom is -0.496 e. The predicted molar refractivity (Wildman–Crippen MR) is 110 cm³/mol. The lowest BCUT2D eigenvalue weighted by Crippen LogP contribution is -2.07. The summed E-state index contributed by atoms with van der Waals surface area (Å²) in [6.07, 6.45) is 3.11. The predicted octanol–water partition coefficient (Wildman–Crippen LogP) is 4.57. The van der Waals surface area contributed by atoms with Gasteiger partial charge < -0.3 is 15.0 Å². The molecule has 0 radical (unpaired) electrons. The van der Waals surface area contributed by atoms with E-state index in [1.165, 1.54) is 0 Å². The number of nitrogen functional groups attached to an aromatic ring is 1. The number of benzene rings is 2. The number of para-hydroxylation sites is 2. The Morgan fingerprint density at radius 1 is 1.04 bits per heavy atom. The molecule has 27 heavy (non-hydrogen) atoms. The Morgan fingerprint density at radius 3 is 2.63 bits per heavy atom. The van der Waals surface area contributed by atoms with Crippen LogP contribution >= 0.6 is 0 Å². The number of imidazole rings is 1. The van der Waals surface area contributed by atoms with Gasteiger partial charge in [0.1, 0.15) is 17.1 Å². The van der Waals surface area contributed by atoms with Crippen molar-refractivity contribution in [1.29, 1.82) is 0 Å². The van der Waals surface area contributed by atoms with Gasteiger partial charge in [-0.05, 0) is 18.6 Å². The van der Waals surface area contributed by atoms with Crippen LogP contribution in [-0.4, -0.2) is 21.6 Å². The number of aromatic nitrogens is 3. The molecule has 0 atom stereocenters. The van der Waals surface area contributed by atoms with Gasteiger partial charge in [0.25, 0.3) is 0 Å². The topological polar surface area (TPSA) is 66.0 Å². The van der Waals surface area contributed by atoms with Crippen LogP contribution in [-0.2, 0) is 13.0 Å². The van der Waals surface area contributed by atoms with Gasteiger partial charge >= 0.3 is 0 Å². The van der Waals surface area contributed by atoms with E-state index in [1.807, 2.05) is 36.4 Å². The third-order valence-corrected chi connectivity index (χ3v) is 4.96. The molecular formula is C22H24N4O. The lowest BCUT2D eigenvalue weighted by Gasteiger charge is -2.13. The quantitative estimate of drug-likeness (QED) is 0.547. The van der Waals surface area contributed by atoms with Gasteiger partial charge in [0.15, 0.2) is 5.82 Å². The lowest BCUT2D eigenvalue weighted by molar-refractivity contribution is 0.408. The molecule has 0 saturated carbocycles.